The predicted octanol–water partition coefficient (Wildman–Crippen LogP) is 5.42. The fourth-order valence-electron chi connectivity index (χ4n) is 6.70. The highest BCUT2D eigenvalue weighted by atomic mass is 35.5. The van der Waals surface area contributed by atoms with Crippen LogP contribution in [-0.2, 0) is 13.0 Å². The summed E-state index contributed by atoms with van der Waals surface area (Å²) in [5.41, 5.74) is 3.86. The Morgan fingerprint density at radius 3 is 2.75 bits per heavy atom. The number of nitrogens with one attached hydrogen (secondary N) is 1. The van der Waals surface area contributed by atoms with Gasteiger partial charge in [0, 0.05) is 69.8 Å². The van der Waals surface area contributed by atoms with E-state index < -0.39 is 17.8 Å². The van der Waals surface area contributed by atoms with Gasteiger partial charge in [0.2, 0.25) is 0 Å². The average molecular weight is 584 g/mol. The van der Waals surface area contributed by atoms with E-state index in [0.717, 1.165) is 70.5 Å². The van der Waals surface area contributed by atoms with E-state index in [1.165, 1.54) is 41.9 Å². The molecule has 0 radical (unpaired) electrons. The van der Waals surface area contributed by atoms with Crippen LogP contribution in [0.25, 0.3) is 21.3 Å². The summed E-state index contributed by atoms with van der Waals surface area (Å²) >= 11 is 8.09. The first kappa shape index (κ1) is 25.9. The molecule has 2 aliphatic heterocycles. The Balaban J connectivity index is 1.31. The Hall–Kier alpha value is -3.08. The second-order valence-electron chi connectivity index (χ2n) is 11.1. The molecule has 7 rings (SSSR count). The van der Waals surface area contributed by atoms with E-state index in [1.807, 2.05) is 18.2 Å². The van der Waals surface area contributed by atoms with Crippen molar-refractivity contribution in [1.82, 2.24) is 19.4 Å². The largest absolute Gasteiger partial charge is 0.366 e. The molecule has 3 aromatic heterocycles. The second kappa shape index (κ2) is 9.78. The molecular formula is C29H28ClF2N5O2S. The number of benzene rings is 1. The average Bonchev–Trinajstić information content (AvgIpc) is 3.55. The van der Waals surface area contributed by atoms with Crippen molar-refractivity contribution in [3.63, 3.8) is 0 Å². The number of halogens is 3. The highest BCUT2D eigenvalue weighted by molar-refractivity contribution is 7.19. The first-order valence-electron chi connectivity index (χ1n) is 13.6. The van der Waals surface area contributed by atoms with Crippen molar-refractivity contribution in [2.45, 2.75) is 63.2 Å². The SMILES string of the molecule is O=c1ccn(C(F)F)c(=O)n1Cc1cc2nccc(-c3cc(Cl)cc4c3N(C3CNC5(CCC5)C3)CCC4)c2s1. The van der Waals surface area contributed by atoms with Gasteiger partial charge in [-0.25, -0.2) is 9.36 Å². The highest BCUT2D eigenvalue weighted by Crippen LogP contribution is 2.47. The third kappa shape index (κ3) is 4.28. The molecule has 40 heavy (non-hydrogen) atoms. The van der Waals surface area contributed by atoms with Crippen LogP contribution in [0.3, 0.4) is 0 Å². The van der Waals surface area contributed by atoms with E-state index in [2.05, 4.69) is 21.3 Å². The normalized spacial score (nSPS) is 19.9. The molecule has 1 N–H and O–H groups in total. The Bertz CT molecular complexity index is 1740. The van der Waals surface area contributed by atoms with Gasteiger partial charge in [-0.2, -0.15) is 8.78 Å². The topological polar surface area (TPSA) is 72.2 Å². The van der Waals surface area contributed by atoms with Crippen LogP contribution >= 0.6 is 22.9 Å². The molecule has 4 aromatic rings. The Morgan fingerprint density at radius 1 is 1.15 bits per heavy atom. The quantitative estimate of drug-likeness (QED) is 0.340. The number of pyridine rings is 1. The first-order chi connectivity index (χ1) is 19.3. The molecule has 208 valence electrons. The molecule has 1 saturated heterocycles. The van der Waals surface area contributed by atoms with Crippen molar-refractivity contribution in [1.29, 1.82) is 0 Å². The number of thiophene rings is 1. The zero-order valence-electron chi connectivity index (χ0n) is 21.7. The molecule has 1 spiro atoms. The molecule has 1 saturated carbocycles. The minimum atomic E-state index is -3.03. The molecule has 1 atom stereocenters. The van der Waals surface area contributed by atoms with Crippen molar-refractivity contribution < 1.29 is 8.78 Å². The van der Waals surface area contributed by atoms with Crippen LogP contribution in [0.1, 0.15) is 49.1 Å². The third-order valence-corrected chi connectivity index (χ3v) is 10.1. The number of aryl methyl sites for hydroxylation is 1. The summed E-state index contributed by atoms with van der Waals surface area (Å²) in [6.45, 7) is -1.18. The molecular weight excluding hydrogens is 556 g/mol. The lowest BCUT2D eigenvalue weighted by Gasteiger charge is -2.41. The molecule has 7 nitrogen and oxygen atoms in total. The van der Waals surface area contributed by atoms with Gasteiger partial charge < -0.3 is 10.2 Å². The fourth-order valence-corrected chi connectivity index (χ4v) is 8.07. The van der Waals surface area contributed by atoms with Crippen LogP contribution in [0, 0.1) is 0 Å². The summed E-state index contributed by atoms with van der Waals surface area (Å²) in [4.78, 5) is 32.8. The van der Waals surface area contributed by atoms with Crippen molar-refractivity contribution in [2.75, 3.05) is 18.0 Å². The molecule has 11 heteroatoms. The van der Waals surface area contributed by atoms with Gasteiger partial charge in [0.05, 0.1) is 16.8 Å². The first-order valence-corrected chi connectivity index (χ1v) is 14.8. The smallest absolute Gasteiger partial charge is 0.335 e. The molecule has 2 fully saturated rings. The van der Waals surface area contributed by atoms with Crippen molar-refractivity contribution >= 4 is 38.8 Å². The minimum Gasteiger partial charge on any atom is -0.366 e. The standard InChI is InChI=1S/C29H28ClF2N5O2S/c30-18-11-17-3-1-9-35(19-14-29(34-15-19)6-2-7-29)25(17)22(12-18)21-4-8-33-23-13-20(40-26(21)23)16-37-24(38)5-10-36(27(31)32)28(37)39/h4-5,8,10-13,19,27,34H,1-3,6-7,9,14-16H2. The lowest BCUT2D eigenvalue weighted by Crippen LogP contribution is -2.46. The minimum absolute atomic E-state index is 0.110. The van der Waals surface area contributed by atoms with Gasteiger partial charge in [0.25, 0.3) is 5.56 Å². The Kier molecular flexibility index (Phi) is 6.32. The van der Waals surface area contributed by atoms with Gasteiger partial charge >= 0.3 is 12.2 Å². The summed E-state index contributed by atoms with van der Waals surface area (Å²) in [5, 5.41) is 4.50. The van der Waals surface area contributed by atoms with Gasteiger partial charge in [-0.05, 0) is 68.4 Å². The summed E-state index contributed by atoms with van der Waals surface area (Å²) in [5.74, 6) is 0. The second-order valence-corrected chi connectivity index (χ2v) is 12.7. The Labute approximate surface area is 238 Å². The number of fused-ring (bicyclic) bond motifs is 2. The molecule has 1 aromatic carbocycles. The maximum Gasteiger partial charge on any atom is 0.335 e. The molecule has 5 heterocycles. The summed E-state index contributed by atoms with van der Waals surface area (Å²) in [7, 11) is 0. The van der Waals surface area contributed by atoms with Crippen LogP contribution in [-0.4, -0.2) is 38.8 Å². The lowest BCUT2D eigenvalue weighted by atomic mass is 9.75. The molecule has 0 amide bonds. The van der Waals surface area contributed by atoms with Crippen molar-refractivity contribution in [3.8, 4) is 11.1 Å². The maximum atomic E-state index is 13.3. The zero-order chi connectivity index (χ0) is 27.6. The highest BCUT2D eigenvalue weighted by Gasteiger charge is 2.45. The molecule has 0 bridgehead atoms. The van der Waals surface area contributed by atoms with Crippen LogP contribution < -0.4 is 21.5 Å². The summed E-state index contributed by atoms with van der Waals surface area (Å²) in [6, 6.07) is 9.32. The van der Waals surface area contributed by atoms with E-state index in [1.54, 1.807) is 6.20 Å². The van der Waals surface area contributed by atoms with Crippen LogP contribution in [0.2, 0.25) is 5.02 Å². The third-order valence-electron chi connectivity index (χ3n) is 8.75. The monoisotopic (exact) mass is 583 g/mol. The van der Waals surface area contributed by atoms with Crippen LogP contribution in [0.4, 0.5) is 14.5 Å². The van der Waals surface area contributed by atoms with Gasteiger partial charge in [0.15, 0.2) is 0 Å². The fraction of sp³-hybridized carbons (Fsp3) is 0.414. The molecule has 3 aliphatic rings. The summed E-state index contributed by atoms with van der Waals surface area (Å²) < 4.78 is 28.6. The van der Waals surface area contributed by atoms with Crippen molar-refractivity contribution in [2.24, 2.45) is 0 Å². The van der Waals surface area contributed by atoms with Crippen LogP contribution in [0.15, 0.2) is 52.3 Å². The number of hydrogen-bond donors (Lipinski definition) is 1. The summed E-state index contributed by atoms with van der Waals surface area (Å²) in [6.07, 6.45) is 9.55. The Morgan fingerprint density at radius 2 is 2.00 bits per heavy atom. The predicted molar refractivity (Wildman–Crippen MR) is 154 cm³/mol. The van der Waals surface area contributed by atoms with Gasteiger partial charge in [-0.15, -0.1) is 11.3 Å². The van der Waals surface area contributed by atoms with E-state index in [9.17, 15) is 18.4 Å². The zero-order valence-corrected chi connectivity index (χ0v) is 23.3. The van der Waals surface area contributed by atoms with Gasteiger partial charge in [-0.3, -0.25) is 14.3 Å². The number of anilines is 1. The number of nitrogens with zero attached hydrogens (tertiary/aromatic N) is 4. The number of aromatic nitrogens is 3. The van der Waals surface area contributed by atoms with Crippen LogP contribution in [0.5, 0.6) is 0 Å². The van der Waals surface area contributed by atoms with Gasteiger partial charge in [0.1, 0.15) is 0 Å². The van der Waals surface area contributed by atoms with E-state index in [0.29, 0.717) is 21.5 Å². The maximum absolute atomic E-state index is 13.3. The van der Waals surface area contributed by atoms with E-state index >= 15 is 0 Å². The molecule has 1 unspecified atom stereocenters. The van der Waals surface area contributed by atoms with E-state index in [-0.39, 0.29) is 11.1 Å². The van der Waals surface area contributed by atoms with E-state index in [4.69, 9.17) is 11.6 Å². The van der Waals surface area contributed by atoms with Gasteiger partial charge in [-0.1, -0.05) is 11.6 Å². The number of hydrogen-bond acceptors (Lipinski definition) is 6. The number of rotatable bonds is 5. The lowest BCUT2D eigenvalue weighted by molar-refractivity contribution is 0.0630. The molecule has 1 aliphatic carbocycles. The number of alkyl halides is 2. The van der Waals surface area contributed by atoms with Crippen molar-refractivity contribution in [3.05, 3.63) is 79.0 Å².